The summed E-state index contributed by atoms with van der Waals surface area (Å²) in [7, 11) is 0. The first-order valence-electron chi connectivity index (χ1n) is 5.37. The van der Waals surface area contributed by atoms with Crippen molar-refractivity contribution in [3.05, 3.63) is 12.3 Å². The van der Waals surface area contributed by atoms with E-state index in [2.05, 4.69) is 20.6 Å². The lowest BCUT2D eigenvalue weighted by Crippen LogP contribution is -2.31. The maximum atomic E-state index is 12.8. The number of anilines is 2. The number of aliphatic hydroxyl groups excluding tert-OH is 1. The van der Waals surface area contributed by atoms with E-state index in [1.807, 2.05) is 6.92 Å². The van der Waals surface area contributed by atoms with E-state index in [0.717, 1.165) is 13.0 Å². The van der Waals surface area contributed by atoms with Crippen LogP contribution in [0.3, 0.4) is 0 Å². The molecule has 0 atom stereocenters. The minimum atomic E-state index is -3.15. The predicted octanol–water partition coefficient (Wildman–Crippen LogP) is 1.34. The molecular weight excluding hydrogens is 230 g/mol. The SMILES string of the molecule is CCCNc1nccc(NCC(F)(F)CO)n1. The maximum absolute atomic E-state index is 12.8. The van der Waals surface area contributed by atoms with E-state index >= 15 is 0 Å². The normalized spacial score (nSPS) is 11.3. The van der Waals surface area contributed by atoms with Gasteiger partial charge in [-0.25, -0.2) is 13.8 Å². The molecule has 0 saturated carbocycles. The van der Waals surface area contributed by atoms with Gasteiger partial charge in [-0.05, 0) is 12.5 Å². The Morgan fingerprint density at radius 3 is 2.82 bits per heavy atom. The highest BCUT2D eigenvalue weighted by molar-refractivity contribution is 5.39. The van der Waals surface area contributed by atoms with Crippen LogP contribution in [0.15, 0.2) is 12.3 Å². The van der Waals surface area contributed by atoms with Gasteiger partial charge in [0.2, 0.25) is 5.95 Å². The van der Waals surface area contributed by atoms with Gasteiger partial charge in [-0.1, -0.05) is 6.92 Å². The minimum absolute atomic E-state index is 0.298. The summed E-state index contributed by atoms with van der Waals surface area (Å²) in [6.07, 6.45) is 2.40. The molecule has 0 unspecified atom stereocenters. The van der Waals surface area contributed by atoms with Crippen LogP contribution in [0.5, 0.6) is 0 Å². The number of alkyl halides is 2. The maximum Gasteiger partial charge on any atom is 0.287 e. The summed E-state index contributed by atoms with van der Waals surface area (Å²) in [5.74, 6) is -2.46. The summed E-state index contributed by atoms with van der Waals surface area (Å²) in [5.41, 5.74) is 0. The van der Waals surface area contributed by atoms with Crippen LogP contribution in [-0.2, 0) is 0 Å². The number of aromatic nitrogens is 2. The monoisotopic (exact) mass is 246 g/mol. The van der Waals surface area contributed by atoms with E-state index in [0.29, 0.717) is 11.8 Å². The second-order valence-corrected chi connectivity index (χ2v) is 3.56. The van der Waals surface area contributed by atoms with Gasteiger partial charge in [0, 0.05) is 12.7 Å². The van der Waals surface area contributed by atoms with Crippen molar-refractivity contribution >= 4 is 11.8 Å². The summed E-state index contributed by atoms with van der Waals surface area (Å²) >= 11 is 0. The molecule has 0 bridgehead atoms. The second-order valence-electron chi connectivity index (χ2n) is 3.56. The fourth-order valence-electron chi connectivity index (χ4n) is 1.05. The third-order valence-electron chi connectivity index (χ3n) is 1.95. The average Bonchev–Trinajstić information content (AvgIpc) is 2.35. The van der Waals surface area contributed by atoms with Crippen molar-refractivity contribution in [1.82, 2.24) is 9.97 Å². The fraction of sp³-hybridized carbons (Fsp3) is 0.600. The number of aliphatic hydroxyl groups is 1. The molecule has 0 amide bonds. The van der Waals surface area contributed by atoms with Crippen LogP contribution in [-0.4, -0.2) is 40.7 Å². The van der Waals surface area contributed by atoms with Crippen molar-refractivity contribution in [1.29, 1.82) is 0 Å². The number of halogens is 2. The third kappa shape index (κ3) is 4.90. The first-order valence-corrected chi connectivity index (χ1v) is 5.37. The lowest BCUT2D eigenvalue weighted by Gasteiger charge is -2.14. The summed E-state index contributed by atoms with van der Waals surface area (Å²) < 4.78 is 25.5. The Morgan fingerprint density at radius 1 is 1.41 bits per heavy atom. The number of hydrogen-bond acceptors (Lipinski definition) is 5. The molecule has 1 aromatic rings. The lowest BCUT2D eigenvalue weighted by atomic mass is 10.3. The highest BCUT2D eigenvalue weighted by atomic mass is 19.3. The summed E-state index contributed by atoms with van der Waals surface area (Å²) in [5, 5.41) is 13.8. The van der Waals surface area contributed by atoms with Gasteiger partial charge >= 0.3 is 0 Å². The number of nitrogens with zero attached hydrogens (tertiary/aromatic N) is 2. The van der Waals surface area contributed by atoms with E-state index in [4.69, 9.17) is 5.11 Å². The zero-order chi connectivity index (χ0) is 12.7. The van der Waals surface area contributed by atoms with E-state index in [9.17, 15) is 8.78 Å². The van der Waals surface area contributed by atoms with Gasteiger partial charge in [0.25, 0.3) is 5.92 Å². The summed E-state index contributed by atoms with van der Waals surface area (Å²) in [4.78, 5) is 7.94. The van der Waals surface area contributed by atoms with Crippen molar-refractivity contribution in [3.63, 3.8) is 0 Å². The van der Waals surface area contributed by atoms with Gasteiger partial charge in [-0.3, -0.25) is 0 Å². The van der Waals surface area contributed by atoms with Gasteiger partial charge in [-0.2, -0.15) is 4.98 Å². The van der Waals surface area contributed by atoms with Crippen LogP contribution in [0.25, 0.3) is 0 Å². The molecule has 0 aliphatic carbocycles. The summed E-state index contributed by atoms with van der Waals surface area (Å²) in [6.45, 7) is 0.868. The summed E-state index contributed by atoms with van der Waals surface area (Å²) in [6, 6.07) is 1.49. The largest absolute Gasteiger partial charge is 0.390 e. The average molecular weight is 246 g/mol. The second kappa shape index (κ2) is 6.29. The van der Waals surface area contributed by atoms with Gasteiger partial charge in [0.1, 0.15) is 12.4 Å². The zero-order valence-electron chi connectivity index (χ0n) is 9.58. The Bertz CT molecular complexity index is 349. The van der Waals surface area contributed by atoms with Crippen molar-refractivity contribution < 1.29 is 13.9 Å². The van der Waals surface area contributed by atoms with Crippen molar-refractivity contribution in [3.8, 4) is 0 Å². The van der Waals surface area contributed by atoms with Gasteiger partial charge in [0.15, 0.2) is 0 Å². The van der Waals surface area contributed by atoms with E-state index in [1.165, 1.54) is 12.3 Å². The van der Waals surface area contributed by atoms with Crippen molar-refractivity contribution in [2.24, 2.45) is 0 Å². The topological polar surface area (TPSA) is 70.1 Å². The first kappa shape index (κ1) is 13.6. The molecule has 0 aliphatic rings. The van der Waals surface area contributed by atoms with Crippen LogP contribution < -0.4 is 10.6 Å². The van der Waals surface area contributed by atoms with Crippen LogP contribution in [0.1, 0.15) is 13.3 Å². The lowest BCUT2D eigenvalue weighted by molar-refractivity contribution is -0.0373. The molecule has 0 spiro atoms. The van der Waals surface area contributed by atoms with E-state index in [1.54, 1.807) is 0 Å². The van der Waals surface area contributed by atoms with Crippen LogP contribution >= 0.6 is 0 Å². The number of rotatable bonds is 7. The van der Waals surface area contributed by atoms with E-state index in [-0.39, 0.29) is 0 Å². The van der Waals surface area contributed by atoms with E-state index < -0.39 is 19.1 Å². The third-order valence-corrected chi connectivity index (χ3v) is 1.95. The molecule has 96 valence electrons. The highest BCUT2D eigenvalue weighted by Crippen LogP contribution is 2.13. The van der Waals surface area contributed by atoms with Crippen LogP contribution in [0.2, 0.25) is 0 Å². The first-order chi connectivity index (χ1) is 8.07. The standard InChI is InChI=1S/C10H16F2N4O/c1-2-4-13-9-14-5-3-8(16-9)15-6-10(11,12)7-17/h3,5,17H,2,4,6-7H2,1H3,(H2,13,14,15,16). The zero-order valence-corrected chi connectivity index (χ0v) is 9.58. The number of hydrogen-bond donors (Lipinski definition) is 3. The Balaban J connectivity index is 2.53. The minimum Gasteiger partial charge on any atom is -0.390 e. The Kier molecular flexibility index (Phi) is 5.02. The Labute approximate surface area is 98.3 Å². The highest BCUT2D eigenvalue weighted by Gasteiger charge is 2.27. The quantitative estimate of drug-likeness (QED) is 0.677. The molecule has 1 rings (SSSR count). The molecule has 0 saturated heterocycles. The van der Waals surface area contributed by atoms with Crippen molar-refractivity contribution in [2.75, 3.05) is 30.3 Å². The van der Waals surface area contributed by atoms with Crippen molar-refractivity contribution in [2.45, 2.75) is 19.3 Å². The molecule has 5 nitrogen and oxygen atoms in total. The Hall–Kier alpha value is -1.50. The molecule has 1 heterocycles. The van der Waals surface area contributed by atoms with Gasteiger partial charge in [-0.15, -0.1) is 0 Å². The number of nitrogens with one attached hydrogen (secondary N) is 2. The molecule has 7 heteroatoms. The fourth-order valence-corrected chi connectivity index (χ4v) is 1.05. The molecule has 0 aromatic carbocycles. The smallest absolute Gasteiger partial charge is 0.287 e. The predicted molar refractivity (Wildman–Crippen MR) is 61.3 cm³/mol. The molecule has 0 fully saturated rings. The molecule has 3 N–H and O–H groups in total. The Morgan fingerprint density at radius 2 is 2.18 bits per heavy atom. The molecular formula is C10H16F2N4O. The van der Waals surface area contributed by atoms with Crippen LogP contribution in [0, 0.1) is 0 Å². The molecule has 0 radical (unpaired) electrons. The molecule has 17 heavy (non-hydrogen) atoms. The molecule has 0 aliphatic heterocycles. The van der Waals surface area contributed by atoms with Gasteiger partial charge < -0.3 is 15.7 Å². The molecule has 1 aromatic heterocycles. The van der Waals surface area contributed by atoms with Crippen LogP contribution in [0.4, 0.5) is 20.5 Å². The van der Waals surface area contributed by atoms with Gasteiger partial charge in [0.05, 0.1) is 6.54 Å².